The Balaban J connectivity index is 2.13. The molecule has 1 heterocycles. The van der Waals surface area contributed by atoms with Crippen molar-refractivity contribution in [1.29, 1.82) is 0 Å². The van der Waals surface area contributed by atoms with Gasteiger partial charge in [-0.05, 0) is 19.1 Å². The van der Waals surface area contributed by atoms with Gasteiger partial charge >= 0.3 is 0 Å². The number of amides is 1. The number of thiazole rings is 1. The number of amidine groups is 1. The van der Waals surface area contributed by atoms with Crippen molar-refractivity contribution >= 4 is 28.8 Å². The van der Waals surface area contributed by atoms with E-state index in [0.29, 0.717) is 22.0 Å². The standard InChI is InChI=1S/C13H14N4O3S/c1-8-12(21-7-15-8)13(18)16-9-4-2-3-5-10(9)20-6-11(14)17-19/h2-5,7,19H,6H2,1H3,(H2,14,17)(H,16,18). The second-order valence-corrected chi connectivity index (χ2v) is 4.95. The van der Waals surface area contributed by atoms with Gasteiger partial charge in [-0.15, -0.1) is 11.3 Å². The minimum absolute atomic E-state index is 0.0607. The van der Waals surface area contributed by atoms with Gasteiger partial charge in [-0.25, -0.2) is 4.98 Å². The summed E-state index contributed by atoms with van der Waals surface area (Å²) in [5, 5.41) is 14.1. The summed E-state index contributed by atoms with van der Waals surface area (Å²) in [5.41, 5.74) is 8.14. The van der Waals surface area contributed by atoms with E-state index in [1.165, 1.54) is 11.3 Å². The lowest BCUT2D eigenvalue weighted by atomic mass is 10.2. The summed E-state index contributed by atoms with van der Waals surface area (Å²) in [4.78, 5) is 16.7. The molecule has 0 bridgehead atoms. The maximum atomic E-state index is 12.2. The Labute approximate surface area is 125 Å². The molecule has 8 heteroatoms. The van der Waals surface area contributed by atoms with Crippen LogP contribution in [0.2, 0.25) is 0 Å². The largest absolute Gasteiger partial charge is 0.483 e. The highest BCUT2D eigenvalue weighted by Gasteiger charge is 2.14. The molecule has 110 valence electrons. The molecule has 0 saturated heterocycles. The number of rotatable bonds is 5. The van der Waals surface area contributed by atoms with Gasteiger partial charge in [0.05, 0.1) is 16.9 Å². The van der Waals surface area contributed by atoms with Crippen molar-refractivity contribution < 1.29 is 14.7 Å². The Bertz CT molecular complexity index is 669. The molecule has 1 amide bonds. The van der Waals surface area contributed by atoms with Crippen LogP contribution in [0.1, 0.15) is 15.4 Å². The van der Waals surface area contributed by atoms with Crippen LogP contribution in [0.5, 0.6) is 5.75 Å². The van der Waals surface area contributed by atoms with Gasteiger partial charge in [0.2, 0.25) is 0 Å². The monoisotopic (exact) mass is 306 g/mol. The van der Waals surface area contributed by atoms with Gasteiger partial charge in [-0.3, -0.25) is 4.79 Å². The molecule has 0 spiro atoms. The fourth-order valence-electron chi connectivity index (χ4n) is 1.58. The van der Waals surface area contributed by atoms with Crippen molar-refractivity contribution in [3.63, 3.8) is 0 Å². The van der Waals surface area contributed by atoms with Gasteiger partial charge in [0.15, 0.2) is 5.84 Å². The summed E-state index contributed by atoms with van der Waals surface area (Å²) in [5.74, 6) is 0.115. The SMILES string of the molecule is Cc1ncsc1C(=O)Nc1ccccc1OC/C(N)=N/O. The van der Waals surface area contributed by atoms with Crippen LogP contribution in [-0.2, 0) is 0 Å². The Hall–Kier alpha value is -2.61. The van der Waals surface area contributed by atoms with Crippen molar-refractivity contribution in [3.05, 3.63) is 40.3 Å². The van der Waals surface area contributed by atoms with Crippen molar-refractivity contribution in [2.75, 3.05) is 11.9 Å². The summed E-state index contributed by atoms with van der Waals surface area (Å²) >= 11 is 1.27. The van der Waals surface area contributed by atoms with Crippen molar-refractivity contribution in [2.45, 2.75) is 6.92 Å². The number of hydrogen-bond donors (Lipinski definition) is 3. The molecular weight excluding hydrogens is 292 g/mol. The lowest BCUT2D eigenvalue weighted by molar-refractivity contribution is 0.102. The number of nitrogens with zero attached hydrogens (tertiary/aromatic N) is 2. The van der Waals surface area contributed by atoms with E-state index >= 15 is 0 Å². The zero-order valence-corrected chi connectivity index (χ0v) is 12.1. The second-order valence-electron chi connectivity index (χ2n) is 4.10. The summed E-state index contributed by atoms with van der Waals surface area (Å²) in [7, 11) is 0. The van der Waals surface area contributed by atoms with E-state index in [2.05, 4.69) is 15.5 Å². The van der Waals surface area contributed by atoms with Crippen LogP contribution in [0.4, 0.5) is 5.69 Å². The molecule has 1 aromatic carbocycles. The molecule has 4 N–H and O–H groups in total. The topological polar surface area (TPSA) is 110 Å². The molecule has 0 unspecified atom stereocenters. The third kappa shape index (κ3) is 3.69. The van der Waals surface area contributed by atoms with Gasteiger partial charge in [0, 0.05) is 0 Å². The molecule has 7 nitrogen and oxygen atoms in total. The second kappa shape index (κ2) is 6.71. The number of benzene rings is 1. The third-order valence-corrected chi connectivity index (χ3v) is 3.52. The average molecular weight is 306 g/mol. The molecular formula is C13H14N4O3S. The molecule has 0 radical (unpaired) electrons. The molecule has 0 atom stereocenters. The van der Waals surface area contributed by atoms with E-state index in [4.69, 9.17) is 15.7 Å². The lowest BCUT2D eigenvalue weighted by Crippen LogP contribution is -2.21. The van der Waals surface area contributed by atoms with Gasteiger partial charge < -0.3 is 21.0 Å². The van der Waals surface area contributed by atoms with Crippen LogP contribution in [-0.4, -0.2) is 28.5 Å². The number of para-hydroxylation sites is 2. The van der Waals surface area contributed by atoms with E-state index < -0.39 is 0 Å². The van der Waals surface area contributed by atoms with E-state index in [9.17, 15) is 4.79 Å². The van der Waals surface area contributed by atoms with Gasteiger partial charge in [0.25, 0.3) is 5.91 Å². The summed E-state index contributed by atoms with van der Waals surface area (Å²) in [6, 6.07) is 6.91. The first-order valence-corrected chi connectivity index (χ1v) is 6.89. The van der Waals surface area contributed by atoms with Crippen molar-refractivity contribution in [1.82, 2.24) is 4.98 Å². The number of aryl methyl sites for hydroxylation is 1. The predicted molar refractivity (Wildman–Crippen MR) is 80.2 cm³/mol. The fourth-order valence-corrected chi connectivity index (χ4v) is 2.27. The zero-order valence-electron chi connectivity index (χ0n) is 11.2. The molecule has 1 aromatic heterocycles. The van der Waals surface area contributed by atoms with E-state index in [1.807, 2.05) is 0 Å². The van der Waals surface area contributed by atoms with Crippen molar-refractivity contribution in [3.8, 4) is 5.75 Å². The highest BCUT2D eigenvalue weighted by Crippen LogP contribution is 2.25. The number of oxime groups is 1. The maximum absolute atomic E-state index is 12.2. The number of nitrogens with two attached hydrogens (primary N) is 1. The van der Waals surface area contributed by atoms with E-state index in [-0.39, 0.29) is 18.3 Å². The third-order valence-electron chi connectivity index (χ3n) is 2.59. The highest BCUT2D eigenvalue weighted by molar-refractivity contribution is 7.12. The predicted octanol–water partition coefficient (Wildman–Crippen LogP) is 1.83. The maximum Gasteiger partial charge on any atom is 0.267 e. The summed E-state index contributed by atoms with van der Waals surface area (Å²) < 4.78 is 5.40. The number of nitrogens with one attached hydrogen (secondary N) is 1. The van der Waals surface area contributed by atoms with Crippen LogP contribution in [0, 0.1) is 6.92 Å². The fraction of sp³-hybridized carbons (Fsp3) is 0.154. The van der Waals surface area contributed by atoms with Crippen molar-refractivity contribution in [2.24, 2.45) is 10.9 Å². The van der Waals surface area contributed by atoms with Crippen LogP contribution in [0.15, 0.2) is 34.9 Å². The highest BCUT2D eigenvalue weighted by atomic mass is 32.1. The van der Waals surface area contributed by atoms with E-state index in [1.54, 1.807) is 36.7 Å². The Morgan fingerprint density at radius 1 is 1.52 bits per heavy atom. The zero-order chi connectivity index (χ0) is 15.2. The van der Waals surface area contributed by atoms with E-state index in [0.717, 1.165) is 0 Å². The first kappa shape index (κ1) is 14.8. The summed E-state index contributed by atoms with van der Waals surface area (Å²) in [6.45, 7) is 1.69. The molecule has 0 fully saturated rings. The number of hydrogen-bond acceptors (Lipinski definition) is 6. The smallest absolute Gasteiger partial charge is 0.267 e. The summed E-state index contributed by atoms with van der Waals surface area (Å²) in [6.07, 6.45) is 0. The minimum Gasteiger partial charge on any atom is -0.483 e. The number of aromatic nitrogens is 1. The number of carbonyl (C=O) groups is 1. The van der Waals surface area contributed by atoms with Gasteiger partial charge in [0.1, 0.15) is 17.2 Å². The molecule has 0 aliphatic heterocycles. The first-order chi connectivity index (χ1) is 10.1. The molecule has 0 aliphatic rings. The number of carbonyl (C=O) groups excluding carboxylic acids is 1. The van der Waals surface area contributed by atoms with Gasteiger partial charge in [-0.1, -0.05) is 17.3 Å². The molecule has 0 aliphatic carbocycles. The van der Waals surface area contributed by atoms with Crippen LogP contribution in [0.25, 0.3) is 0 Å². The van der Waals surface area contributed by atoms with Crippen LogP contribution < -0.4 is 15.8 Å². The first-order valence-electron chi connectivity index (χ1n) is 6.01. The van der Waals surface area contributed by atoms with Gasteiger partial charge in [-0.2, -0.15) is 0 Å². The minimum atomic E-state index is -0.255. The molecule has 2 rings (SSSR count). The molecule has 21 heavy (non-hydrogen) atoms. The average Bonchev–Trinajstić information content (AvgIpc) is 2.92. The molecule has 0 saturated carbocycles. The van der Waals surface area contributed by atoms with Crippen LogP contribution in [0.3, 0.4) is 0 Å². The Morgan fingerprint density at radius 3 is 2.95 bits per heavy atom. The number of anilines is 1. The number of ether oxygens (including phenoxy) is 1. The quantitative estimate of drug-likeness (QED) is 0.338. The molecule has 2 aromatic rings. The Kier molecular flexibility index (Phi) is 4.72. The lowest BCUT2D eigenvalue weighted by Gasteiger charge is -2.11. The normalized spacial score (nSPS) is 11.2. The van der Waals surface area contributed by atoms with Crippen LogP contribution >= 0.6 is 11.3 Å². The Morgan fingerprint density at radius 2 is 2.29 bits per heavy atom.